The summed E-state index contributed by atoms with van der Waals surface area (Å²) < 4.78 is 11.1. The van der Waals surface area contributed by atoms with Gasteiger partial charge in [-0.2, -0.15) is 0 Å². The molecule has 0 aliphatic rings. The van der Waals surface area contributed by atoms with Gasteiger partial charge < -0.3 is 15.2 Å². The predicted molar refractivity (Wildman–Crippen MR) is 74.3 cm³/mol. The lowest BCUT2D eigenvalue weighted by Gasteiger charge is -2.09. The molecule has 0 amide bonds. The van der Waals surface area contributed by atoms with Crippen molar-refractivity contribution < 1.29 is 9.47 Å². The van der Waals surface area contributed by atoms with Crippen molar-refractivity contribution in [1.82, 2.24) is 4.98 Å². The maximum Gasteiger partial charge on any atom is 0.137 e. The van der Waals surface area contributed by atoms with E-state index < -0.39 is 0 Å². The van der Waals surface area contributed by atoms with Gasteiger partial charge in [-0.05, 0) is 31.2 Å². The van der Waals surface area contributed by atoms with Crippen LogP contribution in [0.3, 0.4) is 0 Å². The first-order valence-electron chi connectivity index (χ1n) is 6.28. The van der Waals surface area contributed by atoms with Crippen LogP contribution in [-0.4, -0.2) is 18.2 Å². The molecule has 0 spiro atoms. The molecule has 0 bridgehead atoms. The minimum atomic E-state index is -0.0598. The van der Waals surface area contributed by atoms with Gasteiger partial charge in [-0.25, -0.2) is 0 Å². The number of hydrogen-bond donors (Lipinski definition) is 1. The lowest BCUT2D eigenvalue weighted by molar-refractivity contribution is 0.216. The molecule has 0 aliphatic carbocycles. The van der Waals surface area contributed by atoms with Crippen molar-refractivity contribution in [1.29, 1.82) is 0 Å². The van der Waals surface area contributed by atoms with Crippen LogP contribution >= 0.6 is 0 Å². The fourth-order valence-corrected chi connectivity index (χ4v) is 1.58. The average Bonchev–Trinajstić information content (AvgIpc) is 2.45. The third-order valence-corrected chi connectivity index (χ3v) is 2.59. The van der Waals surface area contributed by atoms with Crippen LogP contribution < -0.4 is 15.2 Å². The molecule has 1 atom stereocenters. The molecule has 100 valence electrons. The molecule has 0 saturated heterocycles. The van der Waals surface area contributed by atoms with Crippen molar-refractivity contribution in [3.05, 3.63) is 54.4 Å². The van der Waals surface area contributed by atoms with Gasteiger partial charge in [-0.1, -0.05) is 18.2 Å². The summed E-state index contributed by atoms with van der Waals surface area (Å²) in [7, 11) is 0. The van der Waals surface area contributed by atoms with Crippen LogP contribution in [0.1, 0.15) is 18.7 Å². The molecule has 2 N–H and O–H groups in total. The largest absolute Gasteiger partial charge is 0.490 e. The minimum Gasteiger partial charge on any atom is -0.490 e. The van der Waals surface area contributed by atoms with Gasteiger partial charge in [0.25, 0.3) is 0 Å². The number of aromatic nitrogens is 1. The zero-order chi connectivity index (χ0) is 13.5. The molecule has 19 heavy (non-hydrogen) atoms. The van der Waals surface area contributed by atoms with Gasteiger partial charge in [0.2, 0.25) is 0 Å². The maximum atomic E-state index is 5.73. The summed E-state index contributed by atoms with van der Waals surface area (Å²) in [5.74, 6) is 1.57. The van der Waals surface area contributed by atoms with Crippen LogP contribution in [-0.2, 0) is 0 Å². The summed E-state index contributed by atoms with van der Waals surface area (Å²) in [4.78, 5) is 4.22. The lowest BCUT2D eigenvalue weighted by atomic mass is 10.2. The summed E-state index contributed by atoms with van der Waals surface area (Å²) in [6.07, 6.45) is 1.68. The van der Waals surface area contributed by atoms with E-state index in [9.17, 15) is 0 Å². The van der Waals surface area contributed by atoms with Gasteiger partial charge in [-0.3, -0.25) is 4.98 Å². The van der Waals surface area contributed by atoms with E-state index in [-0.39, 0.29) is 6.04 Å². The molecule has 0 saturated carbocycles. The van der Waals surface area contributed by atoms with E-state index in [0.29, 0.717) is 13.2 Å². The number of nitrogens with zero attached hydrogens (tertiary/aromatic N) is 1. The molecular formula is C15H18N2O2. The molecule has 4 heteroatoms. The number of hydrogen-bond acceptors (Lipinski definition) is 4. The lowest BCUT2D eigenvalue weighted by Crippen LogP contribution is -2.10. The van der Waals surface area contributed by atoms with E-state index >= 15 is 0 Å². The first kappa shape index (κ1) is 13.4. The van der Waals surface area contributed by atoms with Crippen molar-refractivity contribution in [3.63, 3.8) is 0 Å². The molecule has 1 aromatic heterocycles. The molecule has 0 fully saturated rings. The van der Waals surface area contributed by atoms with Gasteiger partial charge in [0.15, 0.2) is 0 Å². The Bertz CT molecular complexity index is 483. The summed E-state index contributed by atoms with van der Waals surface area (Å²) in [5.41, 5.74) is 6.58. The Morgan fingerprint density at radius 3 is 2.26 bits per heavy atom. The van der Waals surface area contributed by atoms with Crippen molar-refractivity contribution in [2.45, 2.75) is 13.0 Å². The van der Waals surface area contributed by atoms with Gasteiger partial charge in [0.1, 0.15) is 24.7 Å². The third-order valence-electron chi connectivity index (χ3n) is 2.59. The van der Waals surface area contributed by atoms with Crippen LogP contribution in [0.5, 0.6) is 11.5 Å². The zero-order valence-corrected chi connectivity index (χ0v) is 11.0. The number of para-hydroxylation sites is 1. The highest BCUT2D eigenvalue weighted by molar-refractivity contribution is 5.22. The Morgan fingerprint density at radius 1 is 1.00 bits per heavy atom. The SMILES string of the molecule is C[C@H](N)c1ccc(OCCOc2ccccc2)cn1. The summed E-state index contributed by atoms with van der Waals surface area (Å²) in [6.45, 7) is 2.88. The Kier molecular flexibility index (Phi) is 4.75. The number of ether oxygens (including phenoxy) is 2. The first-order valence-corrected chi connectivity index (χ1v) is 6.28. The van der Waals surface area contributed by atoms with E-state index in [4.69, 9.17) is 15.2 Å². The number of benzene rings is 1. The molecule has 0 aliphatic heterocycles. The fraction of sp³-hybridized carbons (Fsp3) is 0.267. The number of pyridine rings is 1. The quantitative estimate of drug-likeness (QED) is 0.809. The molecule has 0 unspecified atom stereocenters. The summed E-state index contributed by atoms with van der Waals surface area (Å²) in [5, 5.41) is 0. The van der Waals surface area contributed by atoms with Crippen LogP contribution in [0.15, 0.2) is 48.7 Å². The van der Waals surface area contributed by atoms with Gasteiger partial charge in [0.05, 0.1) is 11.9 Å². The monoisotopic (exact) mass is 258 g/mol. The van der Waals surface area contributed by atoms with Crippen LogP contribution in [0, 0.1) is 0 Å². The van der Waals surface area contributed by atoms with Crippen molar-refractivity contribution in [2.24, 2.45) is 5.73 Å². The molecule has 4 nitrogen and oxygen atoms in total. The Labute approximate surface area is 113 Å². The van der Waals surface area contributed by atoms with Crippen molar-refractivity contribution in [2.75, 3.05) is 13.2 Å². The molecule has 2 rings (SSSR count). The predicted octanol–water partition coefficient (Wildman–Crippen LogP) is 2.56. The number of nitrogens with two attached hydrogens (primary N) is 1. The molecule has 1 aromatic carbocycles. The maximum absolute atomic E-state index is 5.73. The highest BCUT2D eigenvalue weighted by Gasteiger charge is 2.01. The molecule has 2 aromatic rings. The van der Waals surface area contributed by atoms with E-state index in [1.165, 1.54) is 0 Å². The highest BCUT2D eigenvalue weighted by Crippen LogP contribution is 2.13. The van der Waals surface area contributed by atoms with Gasteiger partial charge in [0, 0.05) is 6.04 Å². The third kappa shape index (κ3) is 4.26. The molecule has 0 radical (unpaired) electrons. The van der Waals surface area contributed by atoms with Gasteiger partial charge in [-0.15, -0.1) is 0 Å². The zero-order valence-electron chi connectivity index (χ0n) is 11.0. The Morgan fingerprint density at radius 2 is 1.68 bits per heavy atom. The number of rotatable bonds is 6. The summed E-state index contributed by atoms with van der Waals surface area (Å²) in [6, 6.07) is 13.3. The van der Waals surface area contributed by atoms with E-state index in [0.717, 1.165) is 17.2 Å². The van der Waals surface area contributed by atoms with Gasteiger partial charge >= 0.3 is 0 Å². The minimum absolute atomic E-state index is 0.0598. The van der Waals surface area contributed by atoms with Crippen LogP contribution in [0.2, 0.25) is 0 Å². The standard InChI is InChI=1S/C15H18N2O2/c1-12(16)15-8-7-14(11-17-15)19-10-9-18-13-5-3-2-4-6-13/h2-8,11-12H,9-10,16H2,1H3/t12-/m0/s1. The van der Waals surface area contributed by atoms with Crippen molar-refractivity contribution >= 4 is 0 Å². The van der Waals surface area contributed by atoms with E-state index in [2.05, 4.69) is 4.98 Å². The van der Waals surface area contributed by atoms with Crippen molar-refractivity contribution in [3.8, 4) is 11.5 Å². The van der Waals surface area contributed by atoms with Crippen LogP contribution in [0.4, 0.5) is 0 Å². The smallest absolute Gasteiger partial charge is 0.137 e. The Balaban J connectivity index is 1.74. The van der Waals surface area contributed by atoms with Crippen LogP contribution in [0.25, 0.3) is 0 Å². The first-order chi connectivity index (χ1) is 9.25. The topological polar surface area (TPSA) is 57.4 Å². The summed E-state index contributed by atoms with van der Waals surface area (Å²) >= 11 is 0. The molecular weight excluding hydrogens is 240 g/mol. The highest BCUT2D eigenvalue weighted by atomic mass is 16.5. The second-order valence-corrected chi connectivity index (χ2v) is 4.22. The average molecular weight is 258 g/mol. The second-order valence-electron chi connectivity index (χ2n) is 4.22. The normalized spacial score (nSPS) is 11.9. The van der Waals surface area contributed by atoms with E-state index in [1.807, 2.05) is 49.4 Å². The Hall–Kier alpha value is -2.07. The fourth-order valence-electron chi connectivity index (χ4n) is 1.58. The van der Waals surface area contributed by atoms with E-state index in [1.54, 1.807) is 6.20 Å². The molecule has 1 heterocycles. The second kappa shape index (κ2) is 6.75.